The Balaban J connectivity index is 1.98. The van der Waals surface area contributed by atoms with Crippen molar-refractivity contribution in [2.45, 2.75) is 25.9 Å². The van der Waals surface area contributed by atoms with E-state index in [1.807, 2.05) is 6.07 Å². The second-order valence-corrected chi connectivity index (χ2v) is 4.84. The Morgan fingerprint density at radius 2 is 2.12 bits per heavy atom. The molecule has 0 saturated carbocycles. The molecule has 1 N–H and O–H groups in total. The number of nitrogens with zero attached hydrogens (tertiary/aromatic N) is 1. The fourth-order valence-electron chi connectivity index (χ4n) is 2.17. The van der Waals surface area contributed by atoms with Crippen LogP contribution in [-0.2, 0) is 17.9 Å². The molecular formula is C13H19ClN2O. The van der Waals surface area contributed by atoms with Crippen LogP contribution in [0.15, 0.2) is 18.2 Å². The van der Waals surface area contributed by atoms with Gasteiger partial charge in [-0.1, -0.05) is 23.7 Å². The summed E-state index contributed by atoms with van der Waals surface area (Å²) in [5.41, 5.74) is 5.17. The summed E-state index contributed by atoms with van der Waals surface area (Å²) in [5, 5.41) is 0.854. The van der Waals surface area contributed by atoms with E-state index in [9.17, 15) is 0 Å². The second-order valence-electron chi connectivity index (χ2n) is 4.43. The second kappa shape index (κ2) is 6.36. The highest BCUT2D eigenvalue weighted by Gasteiger charge is 2.13. The molecule has 1 aliphatic rings. The van der Waals surface area contributed by atoms with Crippen LogP contribution in [0.3, 0.4) is 0 Å². The molecule has 1 heterocycles. The minimum absolute atomic E-state index is 0.681. The van der Waals surface area contributed by atoms with Crippen molar-refractivity contribution in [1.82, 2.24) is 10.4 Å². The molecule has 0 amide bonds. The van der Waals surface area contributed by atoms with Gasteiger partial charge in [-0.3, -0.25) is 4.90 Å². The van der Waals surface area contributed by atoms with Gasteiger partial charge in [-0.2, -0.15) is 5.48 Å². The molecule has 3 nitrogen and oxygen atoms in total. The Kier molecular flexibility index (Phi) is 4.80. The molecule has 94 valence electrons. The number of hydroxylamine groups is 1. The first-order valence-electron chi connectivity index (χ1n) is 6.05. The third-order valence-corrected chi connectivity index (χ3v) is 3.48. The topological polar surface area (TPSA) is 24.5 Å². The summed E-state index contributed by atoms with van der Waals surface area (Å²) in [5.74, 6) is 0. The highest BCUT2D eigenvalue weighted by Crippen LogP contribution is 2.21. The maximum absolute atomic E-state index is 6.29. The van der Waals surface area contributed by atoms with Crippen molar-refractivity contribution in [2.75, 3.05) is 20.2 Å². The summed E-state index contributed by atoms with van der Waals surface area (Å²) in [7, 11) is 1.61. The molecule has 0 radical (unpaired) electrons. The maximum Gasteiger partial charge on any atom is 0.0572 e. The Morgan fingerprint density at radius 1 is 1.35 bits per heavy atom. The SMILES string of the molecule is CONCc1ccc(CN2CCCC2)c(Cl)c1. The van der Waals surface area contributed by atoms with E-state index in [1.54, 1.807) is 7.11 Å². The largest absolute Gasteiger partial charge is 0.305 e. The first-order valence-corrected chi connectivity index (χ1v) is 6.43. The zero-order valence-corrected chi connectivity index (χ0v) is 11.0. The number of halogens is 1. The van der Waals surface area contributed by atoms with Crippen LogP contribution in [0.4, 0.5) is 0 Å². The molecule has 1 saturated heterocycles. The number of hydrogen-bond acceptors (Lipinski definition) is 3. The molecule has 1 aliphatic heterocycles. The van der Waals surface area contributed by atoms with E-state index in [4.69, 9.17) is 16.4 Å². The third-order valence-electron chi connectivity index (χ3n) is 3.13. The molecular weight excluding hydrogens is 236 g/mol. The highest BCUT2D eigenvalue weighted by molar-refractivity contribution is 6.31. The highest BCUT2D eigenvalue weighted by atomic mass is 35.5. The lowest BCUT2D eigenvalue weighted by Crippen LogP contribution is -2.18. The summed E-state index contributed by atoms with van der Waals surface area (Å²) in [6.07, 6.45) is 2.63. The lowest BCUT2D eigenvalue weighted by molar-refractivity contribution is 0.0867. The average Bonchev–Trinajstić information content (AvgIpc) is 2.82. The normalized spacial score (nSPS) is 16.6. The number of hydrogen-bond donors (Lipinski definition) is 1. The smallest absolute Gasteiger partial charge is 0.0572 e. The summed E-state index contributed by atoms with van der Waals surface area (Å²) < 4.78 is 0. The van der Waals surface area contributed by atoms with E-state index in [1.165, 1.54) is 31.5 Å². The molecule has 1 aromatic carbocycles. The Hall–Kier alpha value is -0.610. The standard InChI is InChI=1S/C13H19ClN2O/c1-17-15-9-11-4-5-12(13(14)8-11)10-16-6-2-3-7-16/h4-5,8,15H,2-3,6-7,9-10H2,1H3. The first-order chi connectivity index (χ1) is 8.29. The molecule has 1 aromatic rings. The molecule has 0 atom stereocenters. The Morgan fingerprint density at radius 3 is 2.76 bits per heavy atom. The van der Waals surface area contributed by atoms with E-state index >= 15 is 0 Å². The molecule has 0 bridgehead atoms. The molecule has 0 unspecified atom stereocenters. The molecule has 0 aliphatic carbocycles. The van der Waals surface area contributed by atoms with Gasteiger partial charge in [0.25, 0.3) is 0 Å². The van der Waals surface area contributed by atoms with E-state index in [0.717, 1.165) is 17.1 Å². The van der Waals surface area contributed by atoms with Crippen molar-refractivity contribution >= 4 is 11.6 Å². The van der Waals surface area contributed by atoms with Gasteiger partial charge in [0.2, 0.25) is 0 Å². The minimum Gasteiger partial charge on any atom is -0.305 e. The monoisotopic (exact) mass is 254 g/mol. The van der Waals surface area contributed by atoms with Crippen LogP contribution in [0.2, 0.25) is 5.02 Å². The zero-order valence-electron chi connectivity index (χ0n) is 10.2. The van der Waals surface area contributed by atoms with Crippen molar-refractivity contribution in [3.05, 3.63) is 34.3 Å². The lowest BCUT2D eigenvalue weighted by Gasteiger charge is -2.16. The third kappa shape index (κ3) is 3.68. The molecule has 2 rings (SSSR count). The Bertz CT molecular complexity index is 364. The van der Waals surface area contributed by atoms with Crippen LogP contribution >= 0.6 is 11.6 Å². The van der Waals surface area contributed by atoms with Crippen LogP contribution in [0.5, 0.6) is 0 Å². The van der Waals surface area contributed by atoms with Crippen LogP contribution in [-0.4, -0.2) is 25.1 Å². The van der Waals surface area contributed by atoms with Gasteiger partial charge in [0.15, 0.2) is 0 Å². The molecule has 1 fully saturated rings. The number of rotatable bonds is 5. The van der Waals surface area contributed by atoms with E-state index < -0.39 is 0 Å². The van der Waals surface area contributed by atoms with Gasteiger partial charge in [-0.05, 0) is 43.1 Å². The number of nitrogens with one attached hydrogen (secondary N) is 1. The van der Waals surface area contributed by atoms with Gasteiger partial charge in [0.05, 0.1) is 7.11 Å². The van der Waals surface area contributed by atoms with Crippen LogP contribution in [0.25, 0.3) is 0 Å². The first kappa shape index (κ1) is 12.8. The predicted molar refractivity (Wildman–Crippen MR) is 69.8 cm³/mol. The zero-order chi connectivity index (χ0) is 12.1. The molecule has 0 aromatic heterocycles. The van der Waals surface area contributed by atoms with Crippen molar-refractivity contribution < 1.29 is 4.84 Å². The van der Waals surface area contributed by atoms with E-state index in [2.05, 4.69) is 22.5 Å². The quantitative estimate of drug-likeness (QED) is 0.818. The van der Waals surface area contributed by atoms with E-state index in [0.29, 0.717) is 6.54 Å². The summed E-state index contributed by atoms with van der Waals surface area (Å²) in [6, 6.07) is 6.23. The number of benzene rings is 1. The molecule has 0 spiro atoms. The fourth-order valence-corrected chi connectivity index (χ4v) is 2.43. The van der Waals surface area contributed by atoms with Gasteiger partial charge in [-0.25, -0.2) is 0 Å². The van der Waals surface area contributed by atoms with Crippen LogP contribution < -0.4 is 5.48 Å². The number of likely N-dealkylation sites (tertiary alicyclic amines) is 1. The predicted octanol–water partition coefficient (Wildman–Crippen LogP) is 2.59. The van der Waals surface area contributed by atoms with Crippen molar-refractivity contribution in [1.29, 1.82) is 0 Å². The lowest BCUT2D eigenvalue weighted by atomic mass is 10.1. The van der Waals surface area contributed by atoms with Gasteiger partial charge in [-0.15, -0.1) is 0 Å². The van der Waals surface area contributed by atoms with Gasteiger partial charge >= 0.3 is 0 Å². The van der Waals surface area contributed by atoms with Crippen LogP contribution in [0.1, 0.15) is 24.0 Å². The van der Waals surface area contributed by atoms with Gasteiger partial charge in [0.1, 0.15) is 0 Å². The van der Waals surface area contributed by atoms with Gasteiger partial charge in [0, 0.05) is 18.1 Å². The van der Waals surface area contributed by atoms with Crippen molar-refractivity contribution in [2.24, 2.45) is 0 Å². The van der Waals surface area contributed by atoms with Crippen LogP contribution in [0, 0.1) is 0 Å². The van der Waals surface area contributed by atoms with Crippen molar-refractivity contribution in [3.63, 3.8) is 0 Å². The van der Waals surface area contributed by atoms with E-state index in [-0.39, 0.29) is 0 Å². The summed E-state index contributed by atoms with van der Waals surface area (Å²) in [4.78, 5) is 7.27. The maximum atomic E-state index is 6.29. The fraction of sp³-hybridized carbons (Fsp3) is 0.538. The summed E-state index contributed by atoms with van der Waals surface area (Å²) in [6.45, 7) is 4.05. The molecule has 4 heteroatoms. The minimum atomic E-state index is 0.681. The molecule has 17 heavy (non-hydrogen) atoms. The van der Waals surface area contributed by atoms with Crippen molar-refractivity contribution in [3.8, 4) is 0 Å². The average molecular weight is 255 g/mol. The Labute approximate surface area is 108 Å². The summed E-state index contributed by atoms with van der Waals surface area (Å²) >= 11 is 6.29. The van der Waals surface area contributed by atoms with Gasteiger partial charge < -0.3 is 4.84 Å².